The Morgan fingerprint density at radius 3 is 2.50 bits per heavy atom. The van der Waals surface area contributed by atoms with Crippen LogP contribution in [0.25, 0.3) is 11.3 Å². The lowest BCUT2D eigenvalue weighted by Crippen LogP contribution is -2.54. The molecule has 1 aromatic heterocycles. The van der Waals surface area contributed by atoms with Crippen molar-refractivity contribution in [3.8, 4) is 11.3 Å². The molecule has 2 aliphatic rings. The minimum Gasteiger partial charge on any atom is -0.345 e. The predicted molar refractivity (Wildman–Crippen MR) is 126 cm³/mol. The first-order valence-corrected chi connectivity index (χ1v) is 12.9. The van der Waals surface area contributed by atoms with Crippen molar-refractivity contribution in [3.05, 3.63) is 59.5 Å². The summed E-state index contributed by atoms with van der Waals surface area (Å²) < 4.78 is 27.9. The quantitative estimate of drug-likeness (QED) is 0.620. The summed E-state index contributed by atoms with van der Waals surface area (Å²) in [7, 11) is -3.52. The van der Waals surface area contributed by atoms with E-state index in [2.05, 4.69) is 41.5 Å². The van der Waals surface area contributed by atoms with Gasteiger partial charge in [-0.25, -0.2) is 13.4 Å². The van der Waals surface area contributed by atoms with Crippen molar-refractivity contribution in [1.29, 1.82) is 0 Å². The predicted octanol–water partition coefficient (Wildman–Crippen LogP) is 4.32. The zero-order valence-corrected chi connectivity index (χ0v) is 19.6. The summed E-state index contributed by atoms with van der Waals surface area (Å²) in [6.07, 6.45) is 8.01. The molecule has 30 heavy (non-hydrogen) atoms. The first-order valence-electron chi connectivity index (χ1n) is 10.1. The maximum Gasteiger partial charge on any atom is 0.222 e. The van der Waals surface area contributed by atoms with E-state index in [0.717, 1.165) is 22.8 Å². The summed E-state index contributed by atoms with van der Waals surface area (Å²) in [6.45, 7) is 5.99. The second kappa shape index (κ2) is 8.46. The maximum absolute atomic E-state index is 13.2. The summed E-state index contributed by atoms with van der Waals surface area (Å²) >= 11 is 8.09. The molecule has 0 spiro atoms. The van der Waals surface area contributed by atoms with Crippen LogP contribution in [0.5, 0.6) is 0 Å². The fraction of sp³-hybridized carbons (Fsp3) is 0.409. The van der Waals surface area contributed by atoms with Crippen LogP contribution in [0.3, 0.4) is 0 Å². The van der Waals surface area contributed by atoms with Gasteiger partial charge in [0.05, 0.1) is 10.6 Å². The van der Waals surface area contributed by atoms with Crippen molar-refractivity contribution in [2.45, 2.75) is 30.4 Å². The smallest absolute Gasteiger partial charge is 0.222 e. The van der Waals surface area contributed by atoms with E-state index in [1.807, 2.05) is 0 Å². The first-order chi connectivity index (χ1) is 14.3. The molecule has 0 amide bonds. The third-order valence-electron chi connectivity index (χ3n) is 5.72. The highest BCUT2D eigenvalue weighted by Gasteiger charge is 2.43. The number of benzene rings is 1. The van der Waals surface area contributed by atoms with Crippen molar-refractivity contribution in [2.24, 2.45) is 0 Å². The Kier molecular flexibility index (Phi) is 6.08. The highest BCUT2D eigenvalue weighted by molar-refractivity contribution is 7.90. The molecule has 0 radical (unpaired) electrons. The molecular weight excluding hydrogens is 438 g/mol. The van der Waals surface area contributed by atoms with Crippen molar-refractivity contribution < 1.29 is 8.42 Å². The number of allylic oxidation sites excluding steroid dienone is 3. The van der Waals surface area contributed by atoms with Crippen LogP contribution in [0, 0.1) is 0 Å². The number of hydrogen-bond donors (Lipinski definition) is 0. The van der Waals surface area contributed by atoms with E-state index in [1.54, 1.807) is 46.9 Å². The van der Waals surface area contributed by atoms with Gasteiger partial charge in [-0.15, -0.1) is 22.9 Å². The molecule has 160 valence electrons. The van der Waals surface area contributed by atoms with E-state index < -0.39 is 20.1 Å². The number of piperazine rings is 1. The number of rotatable bonds is 5. The van der Waals surface area contributed by atoms with Gasteiger partial charge in [0, 0.05) is 37.1 Å². The molecule has 1 saturated heterocycles. The lowest BCUT2D eigenvalue weighted by molar-refractivity contribution is 0.379. The molecule has 1 aliphatic heterocycles. The fourth-order valence-corrected chi connectivity index (χ4v) is 7.15. The summed E-state index contributed by atoms with van der Waals surface area (Å²) in [6, 6.07) is 8.49. The number of sulfonamides is 1. The van der Waals surface area contributed by atoms with Gasteiger partial charge in [0.1, 0.15) is 5.25 Å². The molecule has 2 unspecified atom stereocenters. The second-order valence-electron chi connectivity index (χ2n) is 7.81. The third-order valence-corrected chi connectivity index (χ3v) is 9.48. The Morgan fingerprint density at radius 2 is 1.87 bits per heavy atom. The molecule has 0 N–H and O–H groups in total. The topological polar surface area (TPSA) is 53.5 Å². The number of anilines is 1. The van der Waals surface area contributed by atoms with Crippen molar-refractivity contribution in [2.75, 3.05) is 31.1 Å². The Morgan fingerprint density at radius 1 is 1.17 bits per heavy atom. The second-order valence-corrected chi connectivity index (χ2v) is 11.5. The highest BCUT2D eigenvalue weighted by Crippen LogP contribution is 2.33. The van der Waals surface area contributed by atoms with Crippen molar-refractivity contribution in [3.63, 3.8) is 0 Å². The van der Waals surface area contributed by atoms with Gasteiger partial charge in [0.25, 0.3) is 0 Å². The number of hydrogen-bond acceptors (Lipinski definition) is 5. The van der Waals surface area contributed by atoms with E-state index in [9.17, 15) is 8.42 Å². The number of halogens is 1. The SMILES string of the molecule is CCc1ccc(-c2csc(N3CCN(S(=O)(=O)C4C=CC=CC4(C)Cl)CC3)n2)cc1. The molecule has 1 aliphatic carbocycles. The lowest BCUT2D eigenvalue weighted by atomic mass is 10.0. The third kappa shape index (κ3) is 4.21. The van der Waals surface area contributed by atoms with Gasteiger partial charge < -0.3 is 4.90 Å². The number of thiazole rings is 1. The van der Waals surface area contributed by atoms with E-state index in [-0.39, 0.29) is 0 Å². The molecule has 2 aromatic rings. The monoisotopic (exact) mass is 463 g/mol. The number of aryl methyl sites for hydroxylation is 1. The molecule has 5 nitrogen and oxygen atoms in total. The van der Waals surface area contributed by atoms with Crippen LogP contribution in [-0.2, 0) is 16.4 Å². The minimum atomic E-state index is -3.52. The van der Waals surface area contributed by atoms with E-state index in [1.165, 1.54) is 5.56 Å². The van der Waals surface area contributed by atoms with Crippen molar-refractivity contribution in [1.82, 2.24) is 9.29 Å². The number of aromatic nitrogens is 1. The zero-order valence-electron chi connectivity index (χ0n) is 17.2. The summed E-state index contributed by atoms with van der Waals surface area (Å²) in [4.78, 5) is 6.03. The minimum absolute atomic E-state index is 0.434. The molecule has 8 heteroatoms. The summed E-state index contributed by atoms with van der Waals surface area (Å²) in [5, 5.41) is 2.25. The van der Waals surface area contributed by atoms with Gasteiger partial charge in [-0.05, 0) is 18.9 Å². The number of alkyl halides is 1. The van der Waals surface area contributed by atoms with Crippen LogP contribution in [0.4, 0.5) is 5.13 Å². The van der Waals surface area contributed by atoms with Gasteiger partial charge in [-0.2, -0.15) is 4.31 Å². The van der Waals surface area contributed by atoms with Gasteiger partial charge in [-0.3, -0.25) is 0 Å². The molecule has 1 fully saturated rings. The van der Waals surface area contributed by atoms with Gasteiger partial charge >= 0.3 is 0 Å². The highest BCUT2D eigenvalue weighted by atomic mass is 35.5. The summed E-state index contributed by atoms with van der Waals surface area (Å²) in [5.74, 6) is 0. The van der Waals surface area contributed by atoms with Gasteiger partial charge in [0.2, 0.25) is 10.0 Å². The molecule has 4 rings (SSSR count). The molecule has 2 atom stereocenters. The Labute approximate surface area is 187 Å². The Hall–Kier alpha value is -1.67. The lowest BCUT2D eigenvalue weighted by Gasteiger charge is -2.38. The van der Waals surface area contributed by atoms with Crippen LogP contribution >= 0.6 is 22.9 Å². The zero-order chi connectivity index (χ0) is 21.4. The van der Waals surface area contributed by atoms with Crippen LogP contribution in [0.1, 0.15) is 19.4 Å². The van der Waals surface area contributed by atoms with E-state index >= 15 is 0 Å². The fourth-order valence-electron chi connectivity index (χ4n) is 3.83. The first kappa shape index (κ1) is 21.6. The van der Waals surface area contributed by atoms with Crippen LogP contribution in [-0.4, -0.2) is 54.0 Å². The van der Waals surface area contributed by atoms with Crippen LogP contribution < -0.4 is 4.90 Å². The van der Waals surface area contributed by atoms with E-state index in [4.69, 9.17) is 16.6 Å². The largest absolute Gasteiger partial charge is 0.345 e. The average molecular weight is 464 g/mol. The maximum atomic E-state index is 13.2. The molecule has 0 bridgehead atoms. The summed E-state index contributed by atoms with van der Waals surface area (Å²) in [5.41, 5.74) is 3.38. The van der Waals surface area contributed by atoms with Crippen LogP contribution in [0.2, 0.25) is 0 Å². The standard InChI is InChI=1S/C22H26ClN3O2S2/c1-3-17-7-9-18(10-8-17)19-16-29-21(24-19)25-12-14-26(15-13-25)30(27,28)20-6-4-5-11-22(20,2)23/h4-11,16,20H,3,12-15H2,1-2H3. The normalized spacial score (nSPS) is 25.0. The Bertz CT molecular complexity index is 1050. The van der Waals surface area contributed by atoms with Gasteiger partial charge in [-0.1, -0.05) is 55.5 Å². The molecular formula is C22H26ClN3O2S2. The number of nitrogens with zero attached hydrogens (tertiary/aromatic N) is 3. The van der Waals surface area contributed by atoms with Gasteiger partial charge in [0.15, 0.2) is 5.13 Å². The molecule has 2 heterocycles. The van der Waals surface area contributed by atoms with Crippen LogP contribution in [0.15, 0.2) is 53.9 Å². The average Bonchev–Trinajstić information content (AvgIpc) is 3.24. The van der Waals surface area contributed by atoms with Crippen molar-refractivity contribution >= 4 is 38.1 Å². The van der Waals surface area contributed by atoms with E-state index in [0.29, 0.717) is 26.2 Å². The Balaban J connectivity index is 1.43. The molecule has 0 saturated carbocycles. The molecule has 1 aromatic carbocycles.